The molecule has 2 fully saturated rings. The van der Waals surface area contributed by atoms with E-state index in [9.17, 15) is 4.79 Å². The largest absolute Gasteiger partial charge is 0.336 e. The second-order valence-electron chi connectivity index (χ2n) is 5.74. The predicted octanol–water partition coefficient (Wildman–Crippen LogP) is 2.89. The van der Waals surface area contributed by atoms with Crippen LogP contribution in [0, 0.1) is 0 Å². The molecule has 0 saturated carbocycles. The number of nitrogens with zero attached hydrogens (tertiary/aromatic N) is 1. The van der Waals surface area contributed by atoms with Gasteiger partial charge in [-0.2, -0.15) is 0 Å². The maximum atomic E-state index is 12.4. The molecule has 2 atom stereocenters. The third-order valence-corrected chi connectivity index (χ3v) is 5.28. The quantitative estimate of drug-likeness (QED) is 0.865. The van der Waals surface area contributed by atoms with Crippen molar-refractivity contribution in [3.05, 3.63) is 28.5 Å². The van der Waals surface area contributed by atoms with Gasteiger partial charge in [0.05, 0.1) is 0 Å². The molecule has 0 aliphatic carbocycles. The average Bonchev–Trinajstić information content (AvgIpc) is 3.07. The van der Waals surface area contributed by atoms with Crippen molar-refractivity contribution in [2.45, 2.75) is 50.7 Å². The van der Waals surface area contributed by atoms with Crippen LogP contribution in [-0.2, 0) is 4.79 Å². The Balaban J connectivity index is 1.65. The molecule has 1 N–H and O–H groups in total. The highest BCUT2D eigenvalue weighted by atomic mass is 32.1. The Kier molecular flexibility index (Phi) is 4.22. The lowest BCUT2D eigenvalue weighted by molar-refractivity contribution is -0.128. The molecule has 0 radical (unpaired) electrons. The van der Waals surface area contributed by atoms with Gasteiger partial charge < -0.3 is 10.2 Å². The van der Waals surface area contributed by atoms with Crippen LogP contribution in [0.25, 0.3) is 6.08 Å². The molecule has 0 aromatic carbocycles. The molecule has 1 aromatic heterocycles. The molecule has 2 bridgehead atoms. The van der Waals surface area contributed by atoms with Crippen LogP contribution in [0.15, 0.2) is 23.6 Å². The van der Waals surface area contributed by atoms with Crippen LogP contribution >= 0.6 is 11.3 Å². The SMILES string of the molecule is CCN(C(=O)/C=C/c1cccs1)C1CC2CCC(C1)N2. The van der Waals surface area contributed by atoms with Gasteiger partial charge in [-0.15, -0.1) is 11.3 Å². The van der Waals surface area contributed by atoms with Crippen molar-refractivity contribution < 1.29 is 4.79 Å². The number of amides is 1. The third-order valence-electron chi connectivity index (χ3n) is 4.45. The van der Waals surface area contributed by atoms with Gasteiger partial charge in [-0.05, 0) is 50.1 Å². The molecule has 2 saturated heterocycles. The molecule has 2 unspecified atom stereocenters. The Morgan fingerprint density at radius 3 is 2.80 bits per heavy atom. The van der Waals surface area contributed by atoms with E-state index in [1.807, 2.05) is 23.6 Å². The molecular formula is C16H22N2OS. The number of carbonyl (C=O) groups excluding carboxylic acids is 1. The molecule has 4 heteroatoms. The minimum Gasteiger partial charge on any atom is -0.336 e. The Bertz CT molecular complexity index is 471. The molecule has 1 aromatic rings. The Labute approximate surface area is 124 Å². The lowest BCUT2D eigenvalue weighted by Crippen LogP contribution is -2.49. The number of piperidine rings is 1. The molecule has 2 aliphatic rings. The van der Waals surface area contributed by atoms with E-state index >= 15 is 0 Å². The number of nitrogens with one attached hydrogen (secondary N) is 1. The van der Waals surface area contributed by atoms with Crippen molar-refractivity contribution in [1.82, 2.24) is 10.2 Å². The highest BCUT2D eigenvalue weighted by Gasteiger charge is 2.36. The molecule has 108 valence electrons. The topological polar surface area (TPSA) is 32.3 Å². The van der Waals surface area contributed by atoms with Crippen molar-refractivity contribution in [2.24, 2.45) is 0 Å². The standard InChI is InChI=1S/C16H22N2OS/c1-2-18(14-10-12-5-6-13(11-14)17-12)16(19)8-7-15-4-3-9-20-15/h3-4,7-9,12-14,17H,2,5-6,10-11H2,1H3/b8-7+. The number of thiophene rings is 1. The third kappa shape index (κ3) is 2.96. The van der Waals surface area contributed by atoms with Gasteiger partial charge in [0, 0.05) is 35.6 Å². The zero-order valence-electron chi connectivity index (χ0n) is 11.9. The van der Waals surface area contributed by atoms with Gasteiger partial charge in [-0.3, -0.25) is 4.79 Å². The van der Waals surface area contributed by atoms with Crippen molar-refractivity contribution in [3.8, 4) is 0 Å². The fraction of sp³-hybridized carbons (Fsp3) is 0.562. The van der Waals surface area contributed by atoms with Crippen LogP contribution in [0.2, 0.25) is 0 Å². The first-order valence-electron chi connectivity index (χ1n) is 7.54. The molecular weight excluding hydrogens is 268 g/mol. The summed E-state index contributed by atoms with van der Waals surface area (Å²) in [5, 5.41) is 5.67. The van der Waals surface area contributed by atoms with E-state index in [1.54, 1.807) is 17.4 Å². The number of fused-ring (bicyclic) bond motifs is 2. The highest BCUT2D eigenvalue weighted by Crippen LogP contribution is 2.29. The van der Waals surface area contributed by atoms with Crippen LogP contribution in [0.1, 0.15) is 37.5 Å². The second kappa shape index (κ2) is 6.10. The summed E-state index contributed by atoms with van der Waals surface area (Å²) in [7, 11) is 0. The fourth-order valence-corrected chi connectivity index (χ4v) is 4.13. The lowest BCUT2D eigenvalue weighted by atomic mass is 9.98. The molecule has 20 heavy (non-hydrogen) atoms. The first kappa shape index (κ1) is 13.8. The molecule has 0 spiro atoms. The number of hydrogen-bond acceptors (Lipinski definition) is 3. The van der Waals surface area contributed by atoms with Gasteiger partial charge in [-0.1, -0.05) is 6.07 Å². The maximum Gasteiger partial charge on any atom is 0.246 e. The monoisotopic (exact) mass is 290 g/mol. The van der Waals surface area contributed by atoms with Gasteiger partial charge in [0.15, 0.2) is 0 Å². The van der Waals surface area contributed by atoms with Crippen molar-refractivity contribution in [1.29, 1.82) is 0 Å². The zero-order valence-corrected chi connectivity index (χ0v) is 12.7. The molecule has 3 rings (SSSR count). The summed E-state index contributed by atoms with van der Waals surface area (Å²) < 4.78 is 0. The van der Waals surface area contributed by atoms with E-state index in [4.69, 9.17) is 0 Å². The summed E-state index contributed by atoms with van der Waals surface area (Å²) >= 11 is 1.66. The molecule has 3 nitrogen and oxygen atoms in total. The first-order chi connectivity index (χ1) is 9.76. The lowest BCUT2D eigenvalue weighted by Gasteiger charge is -2.36. The van der Waals surface area contributed by atoms with Crippen LogP contribution in [0.4, 0.5) is 0 Å². The summed E-state index contributed by atoms with van der Waals surface area (Å²) in [4.78, 5) is 15.6. The van der Waals surface area contributed by atoms with Crippen molar-refractivity contribution in [2.75, 3.05) is 6.54 Å². The van der Waals surface area contributed by atoms with Crippen molar-refractivity contribution in [3.63, 3.8) is 0 Å². The van der Waals surface area contributed by atoms with Gasteiger partial charge in [0.1, 0.15) is 0 Å². The van der Waals surface area contributed by atoms with Gasteiger partial charge in [0.25, 0.3) is 0 Å². The number of likely N-dealkylation sites (N-methyl/N-ethyl adjacent to an activating group) is 1. The average molecular weight is 290 g/mol. The van der Waals surface area contributed by atoms with E-state index in [1.165, 1.54) is 12.8 Å². The minimum atomic E-state index is 0.159. The van der Waals surface area contributed by atoms with Gasteiger partial charge >= 0.3 is 0 Å². The second-order valence-corrected chi connectivity index (χ2v) is 6.72. The highest BCUT2D eigenvalue weighted by molar-refractivity contribution is 7.10. The Morgan fingerprint density at radius 1 is 1.45 bits per heavy atom. The van der Waals surface area contributed by atoms with Gasteiger partial charge in [-0.25, -0.2) is 0 Å². The molecule has 2 aliphatic heterocycles. The number of hydrogen-bond donors (Lipinski definition) is 1. The zero-order chi connectivity index (χ0) is 13.9. The van der Waals surface area contributed by atoms with E-state index in [-0.39, 0.29) is 5.91 Å². The predicted molar refractivity (Wildman–Crippen MR) is 83.7 cm³/mol. The van der Waals surface area contributed by atoms with Crippen LogP contribution < -0.4 is 5.32 Å². The maximum absolute atomic E-state index is 12.4. The Morgan fingerprint density at radius 2 is 2.20 bits per heavy atom. The van der Waals surface area contributed by atoms with Crippen LogP contribution in [0.5, 0.6) is 0 Å². The van der Waals surface area contributed by atoms with E-state index in [0.29, 0.717) is 18.1 Å². The minimum absolute atomic E-state index is 0.159. The summed E-state index contributed by atoms with van der Waals surface area (Å²) in [5.74, 6) is 0.159. The number of rotatable bonds is 4. The summed E-state index contributed by atoms with van der Waals surface area (Å²) in [5.41, 5.74) is 0. The normalized spacial score (nSPS) is 28.9. The summed E-state index contributed by atoms with van der Waals surface area (Å²) in [6, 6.07) is 5.72. The first-order valence-corrected chi connectivity index (χ1v) is 8.42. The Hall–Kier alpha value is -1.13. The van der Waals surface area contributed by atoms with E-state index in [0.717, 1.165) is 24.3 Å². The van der Waals surface area contributed by atoms with Crippen LogP contribution in [-0.4, -0.2) is 35.5 Å². The fourth-order valence-electron chi connectivity index (χ4n) is 3.51. The number of carbonyl (C=O) groups is 1. The smallest absolute Gasteiger partial charge is 0.246 e. The molecule has 3 heterocycles. The van der Waals surface area contributed by atoms with Gasteiger partial charge in [0.2, 0.25) is 5.91 Å². The van der Waals surface area contributed by atoms with Crippen molar-refractivity contribution >= 4 is 23.3 Å². The van der Waals surface area contributed by atoms with E-state index in [2.05, 4.69) is 17.1 Å². The van der Waals surface area contributed by atoms with E-state index < -0.39 is 0 Å². The van der Waals surface area contributed by atoms with Crippen LogP contribution in [0.3, 0.4) is 0 Å². The summed E-state index contributed by atoms with van der Waals surface area (Å²) in [6.45, 7) is 2.89. The molecule has 1 amide bonds. The summed E-state index contributed by atoms with van der Waals surface area (Å²) in [6.07, 6.45) is 8.45.